The zero-order chi connectivity index (χ0) is 13.7. The summed E-state index contributed by atoms with van der Waals surface area (Å²) in [6, 6.07) is 1.55. The maximum atomic E-state index is 3.77. The molecule has 1 saturated carbocycles. The molecule has 0 bridgehead atoms. The molecule has 2 aliphatic rings. The van der Waals surface area contributed by atoms with Gasteiger partial charge >= 0.3 is 0 Å². The molecule has 3 atom stereocenters. The zero-order valence-corrected chi connectivity index (χ0v) is 13.3. The third-order valence-corrected chi connectivity index (χ3v) is 5.38. The normalized spacial score (nSPS) is 34.4. The molecule has 0 radical (unpaired) electrons. The fourth-order valence-corrected chi connectivity index (χ4v) is 4.11. The highest BCUT2D eigenvalue weighted by atomic mass is 15.2. The molecule has 2 rings (SSSR count). The molecule has 1 aliphatic carbocycles. The Hall–Kier alpha value is -0.0800. The molecule has 3 unspecified atom stereocenters. The standard InChI is InChI=1S/C17H34N2/c1-4-18-16-10-9-15(14(2)3)13-17(16)19-11-7-5-6-8-12-19/h14-18H,4-13H2,1-3H3. The van der Waals surface area contributed by atoms with Crippen LogP contribution in [0.2, 0.25) is 0 Å². The van der Waals surface area contributed by atoms with E-state index in [-0.39, 0.29) is 0 Å². The van der Waals surface area contributed by atoms with Gasteiger partial charge in [-0.05, 0) is 63.6 Å². The number of hydrogen-bond acceptors (Lipinski definition) is 2. The first-order chi connectivity index (χ1) is 9.22. The topological polar surface area (TPSA) is 15.3 Å². The van der Waals surface area contributed by atoms with Crippen LogP contribution in [-0.2, 0) is 0 Å². The fourth-order valence-electron chi connectivity index (χ4n) is 4.11. The van der Waals surface area contributed by atoms with Crippen LogP contribution in [0.5, 0.6) is 0 Å². The first kappa shape index (κ1) is 15.3. The average molecular weight is 266 g/mol. The van der Waals surface area contributed by atoms with Crippen molar-refractivity contribution in [2.45, 2.75) is 77.8 Å². The van der Waals surface area contributed by atoms with Gasteiger partial charge in [0.25, 0.3) is 0 Å². The van der Waals surface area contributed by atoms with Crippen LogP contribution in [0.4, 0.5) is 0 Å². The fraction of sp³-hybridized carbons (Fsp3) is 1.00. The van der Waals surface area contributed by atoms with Gasteiger partial charge in [-0.1, -0.05) is 33.6 Å². The minimum atomic E-state index is 0.748. The first-order valence-electron chi connectivity index (χ1n) is 8.69. The maximum absolute atomic E-state index is 3.77. The minimum absolute atomic E-state index is 0.748. The molecule has 0 aromatic rings. The Morgan fingerprint density at radius 1 is 1.05 bits per heavy atom. The quantitative estimate of drug-likeness (QED) is 0.835. The van der Waals surface area contributed by atoms with E-state index < -0.39 is 0 Å². The van der Waals surface area contributed by atoms with Crippen molar-refractivity contribution in [3.63, 3.8) is 0 Å². The van der Waals surface area contributed by atoms with Gasteiger partial charge < -0.3 is 5.32 Å². The Balaban J connectivity index is 2.00. The van der Waals surface area contributed by atoms with Gasteiger partial charge in [-0.15, -0.1) is 0 Å². The lowest BCUT2D eigenvalue weighted by atomic mass is 9.76. The van der Waals surface area contributed by atoms with E-state index in [0.29, 0.717) is 0 Å². The van der Waals surface area contributed by atoms with E-state index in [1.54, 1.807) is 0 Å². The third kappa shape index (κ3) is 4.19. The Kier molecular flexibility index (Phi) is 6.15. The van der Waals surface area contributed by atoms with Gasteiger partial charge in [-0.2, -0.15) is 0 Å². The predicted octanol–water partition coefficient (Wildman–Crippen LogP) is 3.67. The summed E-state index contributed by atoms with van der Waals surface area (Å²) in [5, 5.41) is 3.77. The lowest BCUT2D eigenvalue weighted by Crippen LogP contribution is -2.54. The molecular formula is C17H34N2. The SMILES string of the molecule is CCNC1CCC(C(C)C)CC1N1CCCCCC1. The van der Waals surface area contributed by atoms with Crippen LogP contribution in [-0.4, -0.2) is 36.6 Å². The molecule has 1 N–H and O–H groups in total. The number of likely N-dealkylation sites (N-methyl/N-ethyl adjacent to an activating group) is 1. The molecule has 0 aromatic heterocycles. The van der Waals surface area contributed by atoms with Crippen molar-refractivity contribution in [2.24, 2.45) is 11.8 Å². The first-order valence-corrected chi connectivity index (χ1v) is 8.69. The predicted molar refractivity (Wildman–Crippen MR) is 83.5 cm³/mol. The maximum Gasteiger partial charge on any atom is 0.0252 e. The van der Waals surface area contributed by atoms with Gasteiger partial charge in [-0.3, -0.25) is 4.90 Å². The monoisotopic (exact) mass is 266 g/mol. The molecule has 2 fully saturated rings. The molecule has 0 spiro atoms. The van der Waals surface area contributed by atoms with E-state index in [1.807, 2.05) is 0 Å². The summed E-state index contributed by atoms with van der Waals surface area (Å²) in [5.74, 6) is 1.81. The highest BCUT2D eigenvalue weighted by molar-refractivity contribution is 4.92. The highest BCUT2D eigenvalue weighted by Crippen LogP contribution is 2.33. The van der Waals surface area contributed by atoms with Crippen LogP contribution < -0.4 is 5.32 Å². The Morgan fingerprint density at radius 3 is 2.32 bits per heavy atom. The smallest absolute Gasteiger partial charge is 0.0252 e. The van der Waals surface area contributed by atoms with Gasteiger partial charge in [0.15, 0.2) is 0 Å². The molecular weight excluding hydrogens is 232 g/mol. The van der Waals surface area contributed by atoms with Crippen LogP contribution in [0, 0.1) is 11.8 Å². The molecule has 0 aromatic carbocycles. The summed E-state index contributed by atoms with van der Waals surface area (Å²) in [6.07, 6.45) is 9.97. The summed E-state index contributed by atoms with van der Waals surface area (Å²) < 4.78 is 0. The van der Waals surface area contributed by atoms with Gasteiger partial charge in [0.1, 0.15) is 0 Å². The minimum Gasteiger partial charge on any atom is -0.313 e. The highest BCUT2D eigenvalue weighted by Gasteiger charge is 2.34. The Labute approximate surface area is 120 Å². The van der Waals surface area contributed by atoms with E-state index in [2.05, 4.69) is 31.0 Å². The number of rotatable bonds is 4. The van der Waals surface area contributed by atoms with Crippen molar-refractivity contribution in [1.29, 1.82) is 0 Å². The number of hydrogen-bond donors (Lipinski definition) is 1. The molecule has 2 nitrogen and oxygen atoms in total. The van der Waals surface area contributed by atoms with E-state index in [0.717, 1.165) is 30.5 Å². The lowest BCUT2D eigenvalue weighted by molar-refractivity contribution is 0.0860. The van der Waals surface area contributed by atoms with Gasteiger partial charge in [0.05, 0.1) is 0 Å². The third-order valence-electron chi connectivity index (χ3n) is 5.38. The van der Waals surface area contributed by atoms with Crippen molar-refractivity contribution in [1.82, 2.24) is 10.2 Å². The molecule has 1 saturated heterocycles. The molecule has 112 valence electrons. The summed E-state index contributed by atoms with van der Waals surface area (Å²) in [5.41, 5.74) is 0. The van der Waals surface area contributed by atoms with Gasteiger partial charge in [-0.25, -0.2) is 0 Å². The molecule has 19 heavy (non-hydrogen) atoms. The molecule has 1 aliphatic heterocycles. The van der Waals surface area contributed by atoms with Crippen molar-refractivity contribution in [3.05, 3.63) is 0 Å². The second-order valence-corrected chi connectivity index (χ2v) is 7.00. The van der Waals surface area contributed by atoms with Crippen molar-refractivity contribution in [2.75, 3.05) is 19.6 Å². The largest absolute Gasteiger partial charge is 0.313 e. The van der Waals surface area contributed by atoms with Crippen LogP contribution in [0.15, 0.2) is 0 Å². The second-order valence-electron chi connectivity index (χ2n) is 7.00. The van der Waals surface area contributed by atoms with Crippen molar-refractivity contribution >= 4 is 0 Å². The van der Waals surface area contributed by atoms with E-state index in [9.17, 15) is 0 Å². The van der Waals surface area contributed by atoms with E-state index in [4.69, 9.17) is 0 Å². The van der Waals surface area contributed by atoms with Crippen LogP contribution in [0.1, 0.15) is 65.7 Å². The van der Waals surface area contributed by atoms with Crippen LogP contribution in [0.25, 0.3) is 0 Å². The van der Waals surface area contributed by atoms with E-state index >= 15 is 0 Å². The number of likely N-dealkylation sites (tertiary alicyclic amines) is 1. The average Bonchev–Trinajstić information content (AvgIpc) is 2.68. The summed E-state index contributed by atoms with van der Waals surface area (Å²) in [6.45, 7) is 10.9. The molecule has 0 amide bonds. The Bertz CT molecular complexity index is 244. The number of nitrogens with one attached hydrogen (secondary N) is 1. The van der Waals surface area contributed by atoms with Gasteiger partial charge in [0, 0.05) is 12.1 Å². The number of nitrogens with zero attached hydrogens (tertiary/aromatic N) is 1. The van der Waals surface area contributed by atoms with E-state index in [1.165, 1.54) is 58.0 Å². The van der Waals surface area contributed by atoms with Crippen LogP contribution in [0.3, 0.4) is 0 Å². The van der Waals surface area contributed by atoms with Gasteiger partial charge in [0.2, 0.25) is 0 Å². The summed E-state index contributed by atoms with van der Waals surface area (Å²) in [4.78, 5) is 2.83. The second kappa shape index (κ2) is 7.64. The van der Waals surface area contributed by atoms with Crippen LogP contribution >= 0.6 is 0 Å². The summed E-state index contributed by atoms with van der Waals surface area (Å²) in [7, 11) is 0. The lowest BCUT2D eigenvalue weighted by Gasteiger charge is -2.44. The molecule has 1 heterocycles. The summed E-state index contributed by atoms with van der Waals surface area (Å²) >= 11 is 0. The Morgan fingerprint density at radius 2 is 1.74 bits per heavy atom. The van der Waals surface area contributed by atoms with Crippen molar-refractivity contribution in [3.8, 4) is 0 Å². The zero-order valence-electron chi connectivity index (χ0n) is 13.3. The molecule has 2 heteroatoms. The van der Waals surface area contributed by atoms with Crippen molar-refractivity contribution < 1.29 is 0 Å².